The number of halogens is 2. The van der Waals surface area contributed by atoms with E-state index >= 15 is 0 Å². The van der Waals surface area contributed by atoms with Crippen LogP contribution in [0.2, 0.25) is 0 Å². The average molecular weight is 366 g/mol. The highest BCUT2D eigenvalue weighted by molar-refractivity contribution is 9.10. The largest absolute Gasteiger partial charge is 0.496 e. The SMILES string of the molecule is COc1ccc(/C=C/C(=O)c2cccc(Br)c2)cc1CCl. The van der Waals surface area contributed by atoms with Crippen molar-refractivity contribution in [3.63, 3.8) is 0 Å². The summed E-state index contributed by atoms with van der Waals surface area (Å²) in [6.45, 7) is 0. The lowest BCUT2D eigenvalue weighted by Crippen LogP contribution is -1.94. The molecule has 2 rings (SSSR count). The highest BCUT2D eigenvalue weighted by atomic mass is 79.9. The van der Waals surface area contributed by atoms with Gasteiger partial charge in [-0.25, -0.2) is 0 Å². The van der Waals surface area contributed by atoms with Gasteiger partial charge < -0.3 is 4.74 Å². The van der Waals surface area contributed by atoms with Crippen LogP contribution in [0.1, 0.15) is 21.5 Å². The molecule has 4 heteroatoms. The van der Waals surface area contributed by atoms with E-state index in [4.69, 9.17) is 16.3 Å². The number of ether oxygens (including phenoxy) is 1. The maximum absolute atomic E-state index is 12.1. The Hall–Kier alpha value is -1.58. The summed E-state index contributed by atoms with van der Waals surface area (Å²) >= 11 is 9.24. The zero-order valence-corrected chi connectivity index (χ0v) is 13.8. The van der Waals surface area contributed by atoms with Gasteiger partial charge in [0.2, 0.25) is 0 Å². The summed E-state index contributed by atoms with van der Waals surface area (Å²) < 4.78 is 6.10. The Labute approximate surface area is 137 Å². The standard InChI is InChI=1S/C17H14BrClO2/c1-21-17-8-6-12(9-14(17)11-19)5-7-16(20)13-3-2-4-15(18)10-13/h2-10H,11H2,1H3/b7-5+. The number of carbonyl (C=O) groups is 1. The van der Waals surface area contributed by atoms with Crippen LogP contribution >= 0.6 is 27.5 Å². The van der Waals surface area contributed by atoms with Crippen molar-refractivity contribution in [2.24, 2.45) is 0 Å². The molecule has 0 spiro atoms. The van der Waals surface area contributed by atoms with Crippen LogP contribution < -0.4 is 4.74 Å². The molecule has 0 fully saturated rings. The second-order valence-corrected chi connectivity index (χ2v) is 5.60. The minimum atomic E-state index is -0.0421. The number of hydrogen-bond donors (Lipinski definition) is 0. The van der Waals surface area contributed by atoms with E-state index in [-0.39, 0.29) is 5.78 Å². The number of rotatable bonds is 5. The van der Waals surface area contributed by atoms with Crippen molar-refractivity contribution in [2.45, 2.75) is 5.88 Å². The Morgan fingerprint density at radius 3 is 2.76 bits per heavy atom. The van der Waals surface area contributed by atoms with E-state index in [0.717, 1.165) is 21.3 Å². The summed E-state index contributed by atoms with van der Waals surface area (Å²) in [5.74, 6) is 1.07. The first kappa shape index (κ1) is 15.8. The normalized spacial score (nSPS) is 10.8. The van der Waals surface area contributed by atoms with Crippen molar-refractivity contribution in [3.05, 3.63) is 69.7 Å². The molecule has 108 valence electrons. The zero-order chi connectivity index (χ0) is 15.2. The van der Waals surface area contributed by atoms with Crippen LogP contribution in [0.15, 0.2) is 53.0 Å². The molecule has 0 aliphatic rings. The van der Waals surface area contributed by atoms with E-state index < -0.39 is 0 Å². The first-order chi connectivity index (χ1) is 10.1. The van der Waals surface area contributed by atoms with Crippen LogP contribution in [0, 0.1) is 0 Å². The second-order valence-electron chi connectivity index (χ2n) is 4.41. The molecule has 0 amide bonds. The number of ketones is 1. The lowest BCUT2D eigenvalue weighted by atomic mass is 10.1. The van der Waals surface area contributed by atoms with Gasteiger partial charge in [0.05, 0.1) is 13.0 Å². The fourth-order valence-electron chi connectivity index (χ4n) is 1.92. The molecule has 0 heterocycles. The van der Waals surface area contributed by atoms with Gasteiger partial charge in [0.15, 0.2) is 5.78 Å². The maximum Gasteiger partial charge on any atom is 0.185 e. The Morgan fingerprint density at radius 2 is 2.10 bits per heavy atom. The van der Waals surface area contributed by atoms with E-state index in [1.165, 1.54) is 0 Å². The van der Waals surface area contributed by atoms with Crippen LogP contribution in [0.3, 0.4) is 0 Å². The van der Waals surface area contributed by atoms with Gasteiger partial charge in [-0.3, -0.25) is 4.79 Å². The minimum absolute atomic E-state index is 0.0421. The summed E-state index contributed by atoms with van der Waals surface area (Å²) in [5.41, 5.74) is 2.46. The fourth-order valence-corrected chi connectivity index (χ4v) is 2.52. The lowest BCUT2D eigenvalue weighted by Gasteiger charge is -2.06. The molecule has 0 saturated carbocycles. The molecule has 0 aliphatic carbocycles. The number of allylic oxidation sites excluding steroid dienone is 1. The van der Waals surface area contributed by atoms with Crippen LogP contribution in [-0.2, 0) is 5.88 Å². The predicted octanol–water partition coefficient (Wildman–Crippen LogP) is 5.09. The van der Waals surface area contributed by atoms with Gasteiger partial charge in [-0.1, -0.05) is 40.2 Å². The molecule has 0 radical (unpaired) electrons. The first-order valence-corrected chi connectivity index (χ1v) is 7.67. The minimum Gasteiger partial charge on any atom is -0.496 e. The van der Waals surface area contributed by atoms with Crippen molar-refractivity contribution in [1.29, 1.82) is 0 Å². The number of carbonyl (C=O) groups excluding carboxylic acids is 1. The summed E-state index contributed by atoms with van der Waals surface area (Å²) in [5, 5.41) is 0. The molecule has 2 nitrogen and oxygen atoms in total. The van der Waals surface area contributed by atoms with Gasteiger partial charge in [0.25, 0.3) is 0 Å². The van der Waals surface area contributed by atoms with Gasteiger partial charge in [0, 0.05) is 15.6 Å². The monoisotopic (exact) mass is 364 g/mol. The third-order valence-corrected chi connectivity index (χ3v) is 3.77. The van der Waals surface area contributed by atoms with Gasteiger partial charge in [-0.05, 0) is 35.9 Å². The topological polar surface area (TPSA) is 26.3 Å². The van der Waals surface area contributed by atoms with Crippen molar-refractivity contribution in [1.82, 2.24) is 0 Å². The van der Waals surface area contributed by atoms with Crippen molar-refractivity contribution in [2.75, 3.05) is 7.11 Å². The highest BCUT2D eigenvalue weighted by Gasteiger charge is 2.04. The van der Waals surface area contributed by atoms with Crippen LogP contribution in [0.25, 0.3) is 6.08 Å². The van der Waals surface area contributed by atoms with Gasteiger partial charge in [-0.2, -0.15) is 0 Å². The molecule has 0 aromatic heterocycles. The molecule has 0 atom stereocenters. The lowest BCUT2D eigenvalue weighted by molar-refractivity contribution is 0.104. The molecule has 0 saturated heterocycles. The molecule has 0 aliphatic heterocycles. The zero-order valence-electron chi connectivity index (χ0n) is 11.5. The van der Waals surface area contributed by atoms with Crippen LogP contribution in [0.5, 0.6) is 5.75 Å². The summed E-state index contributed by atoms with van der Waals surface area (Å²) in [6.07, 6.45) is 3.33. The van der Waals surface area contributed by atoms with Gasteiger partial charge in [-0.15, -0.1) is 11.6 Å². The summed E-state index contributed by atoms with van der Waals surface area (Å²) in [4.78, 5) is 12.1. The number of hydrogen-bond acceptors (Lipinski definition) is 2. The third-order valence-electron chi connectivity index (χ3n) is 2.98. The van der Waals surface area contributed by atoms with E-state index in [0.29, 0.717) is 11.4 Å². The van der Waals surface area contributed by atoms with E-state index in [1.807, 2.05) is 30.3 Å². The Morgan fingerprint density at radius 1 is 1.29 bits per heavy atom. The van der Waals surface area contributed by atoms with Gasteiger partial charge in [0.1, 0.15) is 5.75 Å². The van der Waals surface area contributed by atoms with E-state index in [9.17, 15) is 4.79 Å². The van der Waals surface area contributed by atoms with Gasteiger partial charge >= 0.3 is 0 Å². The molecule has 0 N–H and O–H groups in total. The number of methoxy groups -OCH3 is 1. The molecule has 0 unspecified atom stereocenters. The smallest absolute Gasteiger partial charge is 0.185 e. The Balaban J connectivity index is 2.19. The highest BCUT2D eigenvalue weighted by Crippen LogP contribution is 2.22. The number of benzene rings is 2. The van der Waals surface area contributed by atoms with E-state index in [2.05, 4.69) is 15.9 Å². The molecule has 21 heavy (non-hydrogen) atoms. The maximum atomic E-state index is 12.1. The van der Waals surface area contributed by atoms with Crippen molar-refractivity contribution in [3.8, 4) is 5.75 Å². The molecule has 0 bridgehead atoms. The Kier molecular flexibility index (Phi) is 5.59. The third kappa shape index (κ3) is 4.19. The predicted molar refractivity (Wildman–Crippen MR) is 90.1 cm³/mol. The van der Waals surface area contributed by atoms with Crippen molar-refractivity contribution >= 4 is 39.4 Å². The molecular weight excluding hydrogens is 352 g/mol. The van der Waals surface area contributed by atoms with Crippen LogP contribution in [-0.4, -0.2) is 12.9 Å². The second kappa shape index (κ2) is 7.43. The van der Waals surface area contributed by atoms with Crippen molar-refractivity contribution < 1.29 is 9.53 Å². The Bertz CT molecular complexity index is 680. The molecule has 2 aromatic carbocycles. The van der Waals surface area contributed by atoms with E-state index in [1.54, 1.807) is 31.4 Å². The average Bonchev–Trinajstić information content (AvgIpc) is 2.52. The number of alkyl halides is 1. The fraction of sp³-hybridized carbons (Fsp3) is 0.118. The quantitative estimate of drug-likeness (QED) is 0.419. The first-order valence-electron chi connectivity index (χ1n) is 6.35. The molecule has 2 aromatic rings. The summed E-state index contributed by atoms with van der Waals surface area (Å²) in [6, 6.07) is 13.0. The summed E-state index contributed by atoms with van der Waals surface area (Å²) in [7, 11) is 1.61. The molecular formula is C17H14BrClO2. The van der Waals surface area contributed by atoms with Crippen LogP contribution in [0.4, 0.5) is 0 Å².